The number of carbonyl (C=O) groups is 1. The average molecular weight is 392 g/mol. The predicted molar refractivity (Wildman–Crippen MR) is 102 cm³/mol. The molecule has 3 rings (SSSR count). The third kappa shape index (κ3) is 4.12. The summed E-state index contributed by atoms with van der Waals surface area (Å²) in [4.78, 5) is 12.3. The molecular formula is C18H15ClFN3O2S. The summed E-state index contributed by atoms with van der Waals surface area (Å²) in [7, 11) is 0. The molecule has 0 radical (unpaired) electrons. The van der Waals surface area contributed by atoms with Crippen LogP contribution >= 0.6 is 23.8 Å². The van der Waals surface area contributed by atoms with Crippen molar-refractivity contribution in [2.75, 3.05) is 0 Å². The Labute approximate surface area is 159 Å². The largest absolute Gasteiger partial charge is 0.451 e. The van der Waals surface area contributed by atoms with Crippen LogP contribution in [0.2, 0.25) is 5.02 Å². The topological polar surface area (TPSA) is 66.3 Å². The molecule has 1 aromatic heterocycles. The van der Waals surface area contributed by atoms with Gasteiger partial charge in [0.25, 0.3) is 0 Å². The molecule has 1 heterocycles. The van der Waals surface area contributed by atoms with Crippen LogP contribution in [-0.2, 0) is 6.54 Å². The fourth-order valence-electron chi connectivity index (χ4n) is 2.41. The molecule has 0 saturated heterocycles. The zero-order valence-corrected chi connectivity index (χ0v) is 15.3. The Balaban J connectivity index is 1.57. The highest BCUT2D eigenvalue weighted by Crippen LogP contribution is 2.27. The van der Waals surface area contributed by atoms with Crippen molar-refractivity contribution in [3.63, 3.8) is 0 Å². The fraction of sp³-hybridized carbons (Fsp3) is 0.111. The number of nitrogens with one attached hydrogen (secondary N) is 3. The van der Waals surface area contributed by atoms with Gasteiger partial charge in [0.2, 0.25) is 0 Å². The molecule has 26 heavy (non-hydrogen) atoms. The van der Waals surface area contributed by atoms with E-state index >= 15 is 0 Å². The molecule has 0 aliphatic heterocycles. The van der Waals surface area contributed by atoms with E-state index in [0.717, 1.165) is 10.9 Å². The van der Waals surface area contributed by atoms with E-state index in [0.29, 0.717) is 22.7 Å². The standard InChI is InChI=1S/C18H15ClFN3O2S/c1-10-14-8-12(19)4-7-15(14)25-16(10)17(24)22-23-18(26)21-9-11-2-5-13(20)6-3-11/h2-8H,9H2,1H3,(H,22,24)(H2,21,23,26). The minimum atomic E-state index is -0.458. The van der Waals surface area contributed by atoms with Gasteiger partial charge in [0.05, 0.1) is 0 Å². The molecule has 134 valence electrons. The van der Waals surface area contributed by atoms with Gasteiger partial charge in [-0.1, -0.05) is 23.7 Å². The smallest absolute Gasteiger partial charge is 0.305 e. The van der Waals surface area contributed by atoms with Crippen LogP contribution in [0.25, 0.3) is 11.0 Å². The van der Waals surface area contributed by atoms with E-state index in [1.807, 2.05) is 0 Å². The number of amides is 1. The van der Waals surface area contributed by atoms with E-state index in [4.69, 9.17) is 28.2 Å². The van der Waals surface area contributed by atoms with Crippen LogP contribution in [0.15, 0.2) is 46.9 Å². The maximum absolute atomic E-state index is 12.9. The number of furan rings is 1. The van der Waals surface area contributed by atoms with Gasteiger partial charge in [-0.25, -0.2) is 4.39 Å². The molecule has 5 nitrogen and oxygen atoms in total. The lowest BCUT2D eigenvalue weighted by atomic mass is 10.1. The molecule has 2 aromatic carbocycles. The summed E-state index contributed by atoms with van der Waals surface area (Å²) in [5.41, 5.74) is 7.21. The van der Waals surface area contributed by atoms with E-state index in [1.165, 1.54) is 12.1 Å². The van der Waals surface area contributed by atoms with Gasteiger partial charge in [0, 0.05) is 22.5 Å². The van der Waals surface area contributed by atoms with Crippen molar-refractivity contribution in [1.82, 2.24) is 16.2 Å². The highest BCUT2D eigenvalue weighted by atomic mass is 35.5. The SMILES string of the molecule is Cc1c(C(=O)NNC(=S)NCc2ccc(F)cc2)oc2ccc(Cl)cc12. The number of carbonyl (C=O) groups excluding carboxylic acids is 1. The lowest BCUT2D eigenvalue weighted by molar-refractivity contribution is 0.0917. The summed E-state index contributed by atoms with van der Waals surface area (Å²) in [6.45, 7) is 2.17. The molecule has 0 aliphatic carbocycles. The summed E-state index contributed by atoms with van der Waals surface area (Å²) < 4.78 is 18.4. The zero-order valence-electron chi connectivity index (χ0n) is 13.7. The lowest BCUT2D eigenvalue weighted by Gasteiger charge is -2.11. The van der Waals surface area contributed by atoms with Crippen molar-refractivity contribution in [3.8, 4) is 0 Å². The Hall–Kier alpha value is -2.64. The number of halogens is 2. The number of fused-ring (bicyclic) bond motifs is 1. The number of thiocarbonyl (C=S) groups is 1. The van der Waals surface area contributed by atoms with Crippen molar-refractivity contribution in [2.24, 2.45) is 0 Å². The summed E-state index contributed by atoms with van der Waals surface area (Å²) in [6, 6.07) is 11.2. The molecule has 0 fully saturated rings. The van der Waals surface area contributed by atoms with Gasteiger partial charge < -0.3 is 9.73 Å². The van der Waals surface area contributed by atoms with E-state index in [1.54, 1.807) is 37.3 Å². The van der Waals surface area contributed by atoms with Crippen molar-refractivity contribution < 1.29 is 13.6 Å². The normalized spacial score (nSPS) is 10.6. The Morgan fingerprint density at radius 2 is 1.92 bits per heavy atom. The second-order valence-corrected chi connectivity index (χ2v) is 6.43. The third-order valence-electron chi connectivity index (χ3n) is 3.76. The Bertz CT molecular complexity index is 972. The van der Waals surface area contributed by atoms with Gasteiger partial charge in [0.1, 0.15) is 11.4 Å². The number of hydrazine groups is 1. The van der Waals surface area contributed by atoms with E-state index in [9.17, 15) is 9.18 Å². The molecule has 0 aliphatic rings. The van der Waals surface area contributed by atoms with Crippen molar-refractivity contribution in [3.05, 3.63) is 70.2 Å². The van der Waals surface area contributed by atoms with Crippen molar-refractivity contribution >= 4 is 45.8 Å². The monoisotopic (exact) mass is 391 g/mol. The summed E-state index contributed by atoms with van der Waals surface area (Å²) in [5, 5.41) is 4.48. The first-order valence-corrected chi connectivity index (χ1v) is 8.50. The first-order valence-electron chi connectivity index (χ1n) is 7.71. The van der Waals surface area contributed by atoms with Gasteiger partial charge in [-0.2, -0.15) is 0 Å². The summed E-state index contributed by atoms with van der Waals surface area (Å²) in [6.07, 6.45) is 0. The van der Waals surface area contributed by atoms with Crippen LogP contribution in [0.1, 0.15) is 21.7 Å². The first-order chi connectivity index (χ1) is 12.4. The molecule has 8 heteroatoms. The molecule has 3 aromatic rings. The van der Waals surface area contributed by atoms with Crippen LogP contribution in [0.3, 0.4) is 0 Å². The molecule has 0 unspecified atom stereocenters. The van der Waals surface area contributed by atoms with Gasteiger partial charge >= 0.3 is 5.91 Å². The van der Waals surface area contributed by atoms with Gasteiger partial charge in [-0.3, -0.25) is 15.6 Å². The Kier molecular flexibility index (Phi) is 5.39. The lowest BCUT2D eigenvalue weighted by Crippen LogP contribution is -2.46. The molecular weight excluding hydrogens is 377 g/mol. The second-order valence-electron chi connectivity index (χ2n) is 5.58. The van der Waals surface area contributed by atoms with Crippen LogP contribution in [0.5, 0.6) is 0 Å². The number of hydrogen-bond acceptors (Lipinski definition) is 3. The number of hydrogen-bond donors (Lipinski definition) is 3. The summed E-state index contributed by atoms with van der Waals surface area (Å²) in [5.74, 6) is -0.582. The van der Waals surface area contributed by atoms with Crippen LogP contribution in [-0.4, -0.2) is 11.0 Å². The van der Waals surface area contributed by atoms with Crippen LogP contribution < -0.4 is 16.2 Å². The molecule has 3 N–H and O–H groups in total. The predicted octanol–water partition coefficient (Wildman–Crippen LogP) is 3.84. The Morgan fingerprint density at radius 3 is 2.65 bits per heavy atom. The molecule has 1 amide bonds. The molecule has 0 spiro atoms. The average Bonchev–Trinajstić information content (AvgIpc) is 2.95. The highest BCUT2D eigenvalue weighted by Gasteiger charge is 2.17. The maximum atomic E-state index is 12.9. The quantitative estimate of drug-likeness (QED) is 0.467. The fourth-order valence-corrected chi connectivity index (χ4v) is 2.70. The molecule has 0 atom stereocenters. The number of benzene rings is 2. The van der Waals surface area contributed by atoms with Gasteiger partial charge in [0.15, 0.2) is 10.9 Å². The van der Waals surface area contributed by atoms with Gasteiger partial charge in [-0.05, 0) is 55.0 Å². The minimum absolute atomic E-state index is 0.177. The van der Waals surface area contributed by atoms with E-state index < -0.39 is 5.91 Å². The van der Waals surface area contributed by atoms with Crippen molar-refractivity contribution in [2.45, 2.75) is 13.5 Å². The maximum Gasteiger partial charge on any atom is 0.305 e. The zero-order chi connectivity index (χ0) is 18.7. The first kappa shape index (κ1) is 18.2. The minimum Gasteiger partial charge on any atom is -0.451 e. The number of rotatable bonds is 3. The number of aryl methyl sites for hydroxylation is 1. The Morgan fingerprint density at radius 1 is 1.19 bits per heavy atom. The van der Waals surface area contributed by atoms with Crippen LogP contribution in [0.4, 0.5) is 4.39 Å². The van der Waals surface area contributed by atoms with E-state index in [2.05, 4.69) is 16.2 Å². The second kappa shape index (κ2) is 7.72. The molecule has 0 saturated carbocycles. The highest BCUT2D eigenvalue weighted by molar-refractivity contribution is 7.80. The van der Waals surface area contributed by atoms with Crippen LogP contribution in [0, 0.1) is 12.7 Å². The van der Waals surface area contributed by atoms with Crippen molar-refractivity contribution in [1.29, 1.82) is 0 Å². The molecule has 0 bridgehead atoms. The summed E-state index contributed by atoms with van der Waals surface area (Å²) >= 11 is 11.1. The van der Waals surface area contributed by atoms with E-state index in [-0.39, 0.29) is 16.7 Å². The van der Waals surface area contributed by atoms with Gasteiger partial charge in [-0.15, -0.1) is 0 Å². The third-order valence-corrected chi connectivity index (χ3v) is 4.24.